The van der Waals surface area contributed by atoms with Gasteiger partial charge >= 0.3 is 0 Å². The zero-order valence-corrected chi connectivity index (χ0v) is 11.8. The van der Waals surface area contributed by atoms with Crippen LogP contribution in [0, 0.1) is 3.57 Å². The molecule has 3 aromatic rings. The molecule has 1 N–H and O–H groups in total. The molecule has 0 aliphatic heterocycles. The van der Waals surface area contributed by atoms with E-state index in [2.05, 4.69) is 37.9 Å². The second-order valence-electron chi connectivity index (χ2n) is 3.79. The smallest absolute Gasteiger partial charge is 0.165 e. The minimum absolute atomic E-state index is 0.671. The summed E-state index contributed by atoms with van der Waals surface area (Å²) in [5, 5.41) is 4.08. The van der Waals surface area contributed by atoms with Crippen molar-refractivity contribution in [2.24, 2.45) is 0 Å². The molecule has 0 bridgehead atoms. The molecule has 18 heavy (non-hydrogen) atoms. The van der Waals surface area contributed by atoms with Crippen LogP contribution in [-0.2, 0) is 0 Å². The Morgan fingerprint density at radius 1 is 1.28 bits per heavy atom. The number of anilines is 1. The normalized spacial score (nSPS) is 10.8. The fourth-order valence-corrected chi connectivity index (χ4v) is 2.35. The summed E-state index contributed by atoms with van der Waals surface area (Å²) in [6.45, 7) is 0. The Bertz CT molecular complexity index is 708. The molecule has 3 rings (SSSR count). The fourth-order valence-electron chi connectivity index (χ4n) is 1.82. The Balaban J connectivity index is 2.20. The minimum Gasteiger partial charge on any atom is -0.464 e. The molecule has 0 fully saturated rings. The third-order valence-corrected chi connectivity index (χ3v) is 3.49. The molecular formula is C13H10IN3O. The largest absolute Gasteiger partial charge is 0.464 e. The van der Waals surface area contributed by atoms with Gasteiger partial charge in [-0.2, -0.15) is 0 Å². The molecule has 5 heteroatoms. The molecule has 0 amide bonds. The first-order valence-electron chi connectivity index (χ1n) is 5.46. The van der Waals surface area contributed by atoms with E-state index >= 15 is 0 Å². The average Bonchev–Trinajstić information content (AvgIpc) is 2.83. The van der Waals surface area contributed by atoms with Crippen LogP contribution in [0.4, 0.5) is 5.82 Å². The Labute approximate surface area is 118 Å². The maximum absolute atomic E-state index is 5.50. The summed E-state index contributed by atoms with van der Waals surface area (Å²) in [7, 11) is 1.85. The highest BCUT2D eigenvalue weighted by Gasteiger charge is 2.11. The maximum atomic E-state index is 5.50. The number of aromatic nitrogens is 2. The van der Waals surface area contributed by atoms with Crippen molar-refractivity contribution in [1.29, 1.82) is 0 Å². The van der Waals surface area contributed by atoms with Gasteiger partial charge in [-0.25, -0.2) is 9.97 Å². The molecule has 0 radical (unpaired) electrons. The summed E-state index contributed by atoms with van der Waals surface area (Å²) in [5.74, 6) is 1.50. The number of halogens is 1. The van der Waals surface area contributed by atoms with Crippen molar-refractivity contribution < 1.29 is 4.42 Å². The monoisotopic (exact) mass is 351 g/mol. The molecular weight excluding hydrogens is 341 g/mol. The zero-order valence-electron chi connectivity index (χ0n) is 9.64. The predicted octanol–water partition coefficient (Wildman–Crippen LogP) is 3.54. The average molecular weight is 351 g/mol. The van der Waals surface area contributed by atoms with Crippen molar-refractivity contribution in [2.75, 3.05) is 12.4 Å². The minimum atomic E-state index is 0.671. The lowest BCUT2D eigenvalue weighted by Gasteiger charge is -2.04. The van der Waals surface area contributed by atoms with Crippen LogP contribution in [0.5, 0.6) is 0 Å². The van der Waals surface area contributed by atoms with Gasteiger partial charge in [0.05, 0.1) is 9.13 Å². The fraction of sp³-hybridized carbons (Fsp3) is 0.0769. The van der Waals surface area contributed by atoms with E-state index in [0.29, 0.717) is 5.82 Å². The standard InChI is InChI=1S/C13H10IN3O/c1-15-13-10(14)6-16-12(17-13)9-7-18-11-5-3-2-4-8(9)11/h2-7H,1H3,(H,15,16,17). The number of rotatable bonds is 2. The number of nitrogens with zero attached hydrogens (tertiary/aromatic N) is 2. The van der Waals surface area contributed by atoms with Gasteiger partial charge < -0.3 is 9.73 Å². The number of hydrogen-bond donors (Lipinski definition) is 1. The summed E-state index contributed by atoms with van der Waals surface area (Å²) in [5.41, 5.74) is 1.76. The zero-order chi connectivity index (χ0) is 12.5. The summed E-state index contributed by atoms with van der Waals surface area (Å²) < 4.78 is 6.50. The Morgan fingerprint density at radius 3 is 2.94 bits per heavy atom. The number of hydrogen-bond acceptors (Lipinski definition) is 4. The topological polar surface area (TPSA) is 51.0 Å². The maximum Gasteiger partial charge on any atom is 0.165 e. The lowest BCUT2D eigenvalue weighted by atomic mass is 10.1. The first kappa shape index (κ1) is 11.5. The van der Waals surface area contributed by atoms with Gasteiger partial charge in [0.1, 0.15) is 17.7 Å². The van der Waals surface area contributed by atoms with E-state index in [4.69, 9.17) is 4.42 Å². The third-order valence-electron chi connectivity index (χ3n) is 2.70. The summed E-state index contributed by atoms with van der Waals surface area (Å²) in [4.78, 5) is 8.85. The Hall–Kier alpha value is -1.63. The molecule has 1 aromatic carbocycles. The van der Waals surface area contributed by atoms with Crippen molar-refractivity contribution in [3.05, 3.63) is 40.3 Å². The molecule has 0 aliphatic rings. The van der Waals surface area contributed by atoms with Crippen LogP contribution in [0.2, 0.25) is 0 Å². The van der Waals surface area contributed by atoms with Crippen molar-refractivity contribution in [3.63, 3.8) is 0 Å². The highest BCUT2D eigenvalue weighted by molar-refractivity contribution is 14.1. The van der Waals surface area contributed by atoms with Crippen LogP contribution in [0.1, 0.15) is 0 Å². The van der Waals surface area contributed by atoms with Crippen LogP contribution in [0.15, 0.2) is 41.1 Å². The second kappa shape index (κ2) is 4.56. The van der Waals surface area contributed by atoms with E-state index in [-0.39, 0.29) is 0 Å². The predicted molar refractivity (Wildman–Crippen MR) is 79.5 cm³/mol. The number of benzene rings is 1. The van der Waals surface area contributed by atoms with Crippen molar-refractivity contribution >= 4 is 39.4 Å². The first-order valence-corrected chi connectivity index (χ1v) is 6.54. The lowest BCUT2D eigenvalue weighted by Crippen LogP contribution is -1.98. The van der Waals surface area contributed by atoms with E-state index in [9.17, 15) is 0 Å². The molecule has 0 atom stereocenters. The van der Waals surface area contributed by atoms with E-state index in [1.807, 2.05) is 31.3 Å². The molecule has 0 saturated heterocycles. The van der Waals surface area contributed by atoms with E-state index in [0.717, 1.165) is 25.9 Å². The molecule has 2 heterocycles. The van der Waals surface area contributed by atoms with Gasteiger partial charge in [0.2, 0.25) is 0 Å². The summed E-state index contributed by atoms with van der Waals surface area (Å²) in [6.07, 6.45) is 3.50. The van der Waals surface area contributed by atoms with Crippen LogP contribution in [0.25, 0.3) is 22.4 Å². The van der Waals surface area contributed by atoms with Gasteiger partial charge in [-0.15, -0.1) is 0 Å². The third kappa shape index (κ3) is 1.84. The first-order chi connectivity index (χ1) is 8.79. The highest BCUT2D eigenvalue weighted by Crippen LogP contribution is 2.29. The molecule has 0 saturated carbocycles. The van der Waals surface area contributed by atoms with Gasteiger partial charge in [-0.1, -0.05) is 18.2 Å². The number of furan rings is 1. The summed E-state index contributed by atoms with van der Waals surface area (Å²) in [6, 6.07) is 7.87. The van der Waals surface area contributed by atoms with Crippen molar-refractivity contribution in [3.8, 4) is 11.4 Å². The van der Waals surface area contributed by atoms with Crippen molar-refractivity contribution in [2.45, 2.75) is 0 Å². The van der Waals surface area contributed by atoms with Crippen molar-refractivity contribution in [1.82, 2.24) is 9.97 Å². The molecule has 4 nitrogen and oxygen atoms in total. The quantitative estimate of drug-likeness (QED) is 0.718. The lowest BCUT2D eigenvalue weighted by molar-refractivity contribution is 0.616. The van der Waals surface area contributed by atoms with Gasteiger partial charge in [0.25, 0.3) is 0 Å². The molecule has 0 unspecified atom stereocenters. The van der Waals surface area contributed by atoms with Crippen LogP contribution >= 0.6 is 22.6 Å². The Kier molecular flexibility index (Phi) is 2.91. The second-order valence-corrected chi connectivity index (χ2v) is 4.95. The van der Waals surface area contributed by atoms with Gasteiger partial charge in [-0.3, -0.25) is 0 Å². The number of nitrogens with one attached hydrogen (secondary N) is 1. The van der Waals surface area contributed by atoms with Gasteiger partial charge in [0, 0.05) is 18.6 Å². The summed E-state index contributed by atoms with van der Waals surface area (Å²) >= 11 is 2.20. The van der Waals surface area contributed by atoms with Crippen LogP contribution in [0.3, 0.4) is 0 Å². The highest BCUT2D eigenvalue weighted by atomic mass is 127. The van der Waals surface area contributed by atoms with E-state index in [1.165, 1.54) is 0 Å². The Morgan fingerprint density at radius 2 is 2.11 bits per heavy atom. The SMILES string of the molecule is CNc1nc(-c2coc3ccccc23)ncc1I. The van der Waals surface area contributed by atoms with E-state index < -0.39 is 0 Å². The number of fused-ring (bicyclic) bond motifs is 1. The molecule has 0 spiro atoms. The molecule has 2 aromatic heterocycles. The van der Waals surface area contributed by atoms with Gasteiger partial charge in [-0.05, 0) is 28.7 Å². The van der Waals surface area contributed by atoms with Gasteiger partial charge in [0.15, 0.2) is 5.82 Å². The van der Waals surface area contributed by atoms with Crippen LogP contribution < -0.4 is 5.32 Å². The molecule has 90 valence electrons. The van der Waals surface area contributed by atoms with E-state index in [1.54, 1.807) is 12.5 Å². The number of para-hydroxylation sites is 1. The van der Waals surface area contributed by atoms with Crippen LogP contribution in [-0.4, -0.2) is 17.0 Å². The molecule has 0 aliphatic carbocycles.